The summed E-state index contributed by atoms with van der Waals surface area (Å²) < 4.78 is 4.69. The van der Waals surface area contributed by atoms with E-state index in [-0.39, 0.29) is 17.8 Å². The molecule has 0 aromatic rings. The molecule has 1 aliphatic rings. The van der Waals surface area contributed by atoms with Crippen molar-refractivity contribution in [1.29, 1.82) is 0 Å². The highest BCUT2D eigenvalue weighted by Gasteiger charge is 2.38. The van der Waals surface area contributed by atoms with E-state index in [9.17, 15) is 9.59 Å². The van der Waals surface area contributed by atoms with Gasteiger partial charge in [-0.25, -0.2) is 0 Å². The molecule has 0 N–H and O–H groups in total. The number of carbonyl (C=O) groups excluding carboxylic acids is 2. The normalized spacial score (nSPS) is 26.8. The number of ketones is 1. The second-order valence-electron chi connectivity index (χ2n) is 4.84. The van der Waals surface area contributed by atoms with E-state index in [1.54, 1.807) is 0 Å². The molecule has 0 aromatic carbocycles. The number of carbonyl (C=O) groups is 2. The van der Waals surface area contributed by atoms with Gasteiger partial charge < -0.3 is 4.74 Å². The number of hydrogen-bond donors (Lipinski definition) is 0. The van der Waals surface area contributed by atoms with Gasteiger partial charge >= 0.3 is 5.97 Å². The molecule has 1 saturated carbocycles. The number of hydrogen-bond acceptors (Lipinski definition) is 3. The number of rotatable bonds is 5. The molecule has 0 amide bonds. The third-order valence-corrected chi connectivity index (χ3v) is 3.65. The van der Waals surface area contributed by atoms with Crippen LogP contribution in [0.4, 0.5) is 0 Å². The van der Waals surface area contributed by atoms with Gasteiger partial charge in [-0.15, -0.1) is 0 Å². The summed E-state index contributed by atoms with van der Waals surface area (Å²) >= 11 is 0. The largest absolute Gasteiger partial charge is 0.469 e. The molecule has 0 saturated heterocycles. The van der Waals surface area contributed by atoms with E-state index in [4.69, 9.17) is 0 Å². The van der Waals surface area contributed by atoms with Gasteiger partial charge in [0.1, 0.15) is 5.78 Å². The van der Waals surface area contributed by atoms with Crippen LogP contribution >= 0.6 is 0 Å². The van der Waals surface area contributed by atoms with Gasteiger partial charge in [-0.1, -0.05) is 26.7 Å². The van der Waals surface area contributed by atoms with E-state index in [0.717, 1.165) is 19.3 Å². The highest BCUT2D eigenvalue weighted by Crippen LogP contribution is 2.38. The Bertz CT molecular complexity index is 260. The Hall–Kier alpha value is -0.860. The van der Waals surface area contributed by atoms with Crippen LogP contribution in [0.5, 0.6) is 0 Å². The molecule has 1 rings (SSSR count). The standard InChI is InChI=1S/C13H22O3/c1-4-5-9(2)13-10(6-7-11(13)14)8-12(15)16-3/h9-10,13H,4-8H2,1-3H3. The maximum atomic E-state index is 11.8. The lowest BCUT2D eigenvalue weighted by molar-refractivity contribution is -0.142. The summed E-state index contributed by atoms with van der Waals surface area (Å²) in [6.07, 6.45) is 4.05. The molecule has 1 fully saturated rings. The van der Waals surface area contributed by atoms with Gasteiger partial charge in [0.25, 0.3) is 0 Å². The van der Waals surface area contributed by atoms with E-state index >= 15 is 0 Å². The van der Waals surface area contributed by atoms with Crippen molar-refractivity contribution in [3.63, 3.8) is 0 Å². The van der Waals surface area contributed by atoms with Crippen LogP contribution in [0.15, 0.2) is 0 Å². The maximum Gasteiger partial charge on any atom is 0.305 e. The van der Waals surface area contributed by atoms with Crippen LogP contribution in [0.1, 0.15) is 46.0 Å². The zero-order chi connectivity index (χ0) is 12.1. The number of methoxy groups -OCH3 is 1. The lowest BCUT2D eigenvalue weighted by Gasteiger charge is -2.23. The molecule has 0 radical (unpaired) electrons. The molecule has 3 nitrogen and oxygen atoms in total. The van der Waals surface area contributed by atoms with Crippen molar-refractivity contribution in [3.8, 4) is 0 Å². The molecule has 0 aromatic heterocycles. The second kappa shape index (κ2) is 6.02. The van der Waals surface area contributed by atoms with Gasteiger partial charge in [0.15, 0.2) is 0 Å². The first-order valence-corrected chi connectivity index (χ1v) is 6.19. The molecule has 3 atom stereocenters. The number of Topliss-reactive ketones (excluding diaryl/α,β-unsaturated/α-hetero) is 1. The van der Waals surface area contributed by atoms with Gasteiger partial charge in [-0.05, 0) is 18.3 Å². The van der Waals surface area contributed by atoms with Crippen molar-refractivity contribution in [3.05, 3.63) is 0 Å². The predicted molar refractivity (Wildman–Crippen MR) is 61.9 cm³/mol. The van der Waals surface area contributed by atoms with Crippen LogP contribution < -0.4 is 0 Å². The molecular weight excluding hydrogens is 204 g/mol. The summed E-state index contributed by atoms with van der Waals surface area (Å²) in [5.74, 6) is 0.846. The third-order valence-electron chi connectivity index (χ3n) is 3.65. The van der Waals surface area contributed by atoms with Crippen molar-refractivity contribution in [2.45, 2.75) is 46.0 Å². The van der Waals surface area contributed by atoms with Crippen LogP contribution in [0.3, 0.4) is 0 Å². The number of ether oxygens (including phenoxy) is 1. The topological polar surface area (TPSA) is 43.4 Å². The van der Waals surface area contributed by atoms with Crippen LogP contribution in [-0.4, -0.2) is 18.9 Å². The average molecular weight is 226 g/mol. The maximum absolute atomic E-state index is 11.8. The number of esters is 1. The van der Waals surface area contributed by atoms with Crippen molar-refractivity contribution in [2.24, 2.45) is 17.8 Å². The Labute approximate surface area is 97.5 Å². The second-order valence-corrected chi connectivity index (χ2v) is 4.84. The molecule has 3 heteroatoms. The smallest absolute Gasteiger partial charge is 0.305 e. The van der Waals surface area contributed by atoms with Crippen molar-refractivity contribution < 1.29 is 14.3 Å². The van der Waals surface area contributed by atoms with Crippen LogP contribution in [0.25, 0.3) is 0 Å². The fraction of sp³-hybridized carbons (Fsp3) is 0.846. The minimum Gasteiger partial charge on any atom is -0.469 e. The van der Waals surface area contributed by atoms with Crippen LogP contribution in [0, 0.1) is 17.8 Å². The first-order valence-electron chi connectivity index (χ1n) is 6.19. The van der Waals surface area contributed by atoms with Crippen molar-refractivity contribution >= 4 is 11.8 Å². The van der Waals surface area contributed by atoms with E-state index in [1.165, 1.54) is 7.11 Å². The van der Waals surface area contributed by atoms with Gasteiger partial charge in [0.05, 0.1) is 7.11 Å². The first kappa shape index (κ1) is 13.2. The molecule has 0 aliphatic heterocycles. The van der Waals surface area contributed by atoms with Crippen LogP contribution in [0.2, 0.25) is 0 Å². The van der Waals surface area contributed by atoms with Gasteiger partial charge in [-0.3, -0.25) is 9.59 Å². The fourth-order valence-electron chi connectivity index (χ4n) is 2.88. The van der Waals surface area contributed by atoms with Crippen LogP contribution in [-0.2, 0) is 14.3 Å². The monoisotopic (exact) mass is 226 g/mol. The Balaban J connectivity index is 2.62. The van der Waals surface area contributed by atoms with Gasteiger partial charge in [-0.2, -0.15) is 0 Å². The van der Waals surface area contributed by atoms with E-state index in [0.29, 0.717) is 24.5 Å². The summed E-state index contributed by atoms with van der Waals surface area (Å²) in [6.45, 7) is 4.26. The Kier molecular flexibility index (Phi) is 4.97. The molecule has 0 bridgehead atoms. The minimum absolute atomic E-state index is 0.0825. The van der Waals surface area contributed by atoms with E-state index in [2.05, 4.69) is 18.6 Å². The quantitative estimate of drug-likeness (QED) is 0.677. The summed E-state index contributed by atoms with van der Waals surface area (Å²) in [4.78, 5) is 23.1. The van der Waals surface area contributed by atoms with E-state index < -0.39 is 0 Å². The Morgan fingerprint density at radius 3 is 2.81 bits per heavy atom. The third kappa shape index (κ3) is 3.06. The summed E-state index contributed by atoms with van der Waals surface area (Å²) in [6, 6.07) is 0. The minimum atomic E-state index is -0.187. The molecule has 1 aliphatic carbocycles. The predicted octanol–water partition coefficient (Wildman–Crippen LogP) is 2.58. The molecule has 3 unspecified atom stereocenters. The van der Waals surface area contributed by atoms with Crippen molar-refractivity contribution in [2.75, 3.05) is 7.11 Å². The molecule has 16 heavy (non-hydrogen) atoms. The highest BCUT2D eigenvalue weighted by atomic mass is 16.5. The molecule has 92 valence electrons. The fourth-order valence-corrected chi connectivity index (χ4v) is 2.88. The van der Waals surface area contributed by atoms with Crippen molar-refractivity contribution in [1.82, 2.24) is 0 Å². The Morgan fingerprint density at radius 2 is 2.25 bits per heavy atom. The SMILES string of the molecule is CCCC(C)C1C(=O)CCC1CC(=O)OC. The summed E-state index contributed by atoms with van der Waals surface area (Å²) in [5, 5.41) is 0. The first-order chi connectivity index (χ1) is 7.60. The summed E-state index contributed by atoms with van der Waals surface area (Å²) in [7, 11) is 1.41. The molecular formula is C13H22O3. The summed E-state index contributed by atoms with van der Waals surface area (Å²) in [5.41, 5.74) is 0. The van der Waals surface area contributed by atoms with Gasteiger partial charge in [0, 0.05) is 18.8 Å². The lowest BCUT2D eigenvalue weighted by Crippen LogP contribution is -2.24. The zero-order valence-corrected chi connectivity index (χ0v) is 10.5. The highest BCUT2D eigenvalue weighted by molar-refractivity contribution is 5.84. The molecule has 0 spiro atoms. The average Bonchev–Trinajstić information content (AvgIpc) is 2.60. The van der Waals surface area contributed by atoms with Gasteiger partial charge in [0.2, 0.25) is 0 Å². The Morgan fingerprint density at radius 1 is 1.56 bits per heavy atom. The van der Waals surface area contributed by atoms with E-state index in [1.807, 2.05) is 0 Å². The zero-order valence-electron chi connectivity index (χ0n) is 10.5. The lowest BCUT2D eigenvalue weighted by atomic mass is 9.80. The molecule has 0 heterocycles.